The van der Waals surface area contributed by atoms with E-state index in [0.29, 0.717) is 0 Å². The van der Waals surface area contributed by atoms with Crippen LogP contribution in [-0.2, 0) is 10.0 Å². The van der Waals surface area contributed by atoms with E-state index in [0.717, 1.165) is 10.0 Å². The first kappa shape index (κ1) is 11.0. The fraction of sp³-hybridized carbons (Fsp3) is 0.143. The number of aryl methyl sites for hydroxylation is 1. The van der Waals surface area contributed by atoms with Gasteiger partial charge in [0.05, 0.1) is 4.90 Å². The molecule has 14 heavy (non-hydrogen) atoms. The van der Waals surface area contributed by atoms with E-state index in [1.807, 2.05) is 0 Å². The summed E-state index contributed by atoms with van der Waals surface area (Å²) in [7, 11) is -3.86. The second kappa shape index (κ2) is 4.00. The van der Waals surface area contributed by atoms with Crippen molar-refractivity contribution in [2.45, 2.75) is 11.8 Å². The summed E-state index contributed by atoms with van der Waals surface area (Å²) in [5, 5.41) is 0. The van der Waals surface area contributed by atoms with E-state index in [-0.39, 0.29) is 4.90 Å². The van der Waals surface area contributed by atoms with E-state index in [4.69, 9.17) is 5.53 Å². The van der Waals surface area contributed by atoms with Gasteiger partial charge in [-0.2, -0.15) is 0 Å². The molecule has 74 valence electrons. The first-order valence-electron chi connectivity index (χ1n) is 3.55. The smallest absolute Gasteiger partial charge is 0.216 e. The summed E-state index contributed by atoms with van der Waals surface area (Å²) in [6.07, 6.45) is 0. The maximum Gasteiger partial charge on any atom is 0.264 e. The molecule has 0 N–H and O–H groups in total. The molecule has 0 spiro atoms. The quantitative estimate of drug-likeness (QED) is 0.472. The molecule has 7 heteroatoms. The van der Waals surface area contributed by atoms with Crippen LogP contribution in [0.15, 0.2) is 32.1 Å². The van der Waals surface area contributed by atoms with E-state index in [1.165, 1.54) is 12.1 Å². The molecule has 0 heterocycles. The van der Waals surface area contributed by atoms with Gasteiger partial charge in [-0.05, 0) is 36.2 Å². The lowest BCUT2D eigenvalue weighted by Crippen LogP contribution is -1.95. The SMILES string of the molecule is Cc1cc(S(=O)(=O)N=[N+]=[N-])ccc1Br. The number of sulfonamides is 1. The van der Waals surface area contributed by atoms with Crippen molar-refractivity contribution < 1.29 is 8.42 Å². The predicted octanol–water partition coefficient (Wildman–Crippen LogP) is 2.76. The molecule has 0 aromatic heterocycles. The second-order valence-electron chi connectivity index (χ2n) is 2.56. The van der Waals surface area contributed by atoms with Gasteiger partial charge in [-0.1, -0.05) is 15.9 Å². The monoisotopic (exact) mass is 275 g/mol. The molecule has 0 aliphatic rings. The van der Waals surface area contributed by atoms with Crippen LogP contribution in [0.4, 0.5) is 0 Å². The van der Waals surface area contributed by atoms with Crippen LogP contribution in [0, 0.1) is 6.92 Å². The van der Waals surface area contributed by atoms with Gasteiger partial charge in [-0.15, -0.1) is 0 Å². The number of halogens is 1. The Kier molecular flexibility index (Phi) is 3.15. The van der Waals surface area contributed by atoms with E-state index >= 15 is 0 Å². The zero-order valence-corrected chi connectivity index (χ0v) is 9.58. The Hall–Kier alpha value is -1.04. The summed E-state index contributed by atoms with van der Waals surface area (Å²) in [6, 6.07) is 4.41. The minimum atomic E-state index is -3.86. The molecule has 0 bridgehead atoms. The van der Waals surface area contributed by atoms with Gasteiger partial charge >= 0.3 is 0 Å². The van der Waals surface area contributed by atoms with Gasteiger partial charge in [0.2, 0.25) is 0 Å². The second-order valence-corrected chi connectivity index (χ2v) is 5.00. The topological polar surface area (TPSA) is 82.9 Å². The molecule has 0 atom stereocenters. The van der Waals surface area contributed by atoms with E-state index < -0.39 is 10.0 Å². The molecule has 0 saturated heterocycles. The largest absolute Gasteiger partial charge is 0.264 e. The molecule has 0 amide bonds. The van der Waals surface area contributed by atoms with Crippen molar-refractivity contribution >= 4 is 26.0 Å². The summed E-state index contributed by atoms with van der Waals surface area (Å²) >= 11 is 3.24. The Balaban J connectivity index is 3.35. The Labute approximate surface area is 89.6 Å². The lowest BCUT2D eigenvalue weighted by molar-refractivity contribution is 0.597. The summed E-state index contributed by atoms with van der Waals surface area (Å²) in [5.74, 6) is 0. The molecule has 0 fully saturated rings. The fourth-order valence-corrected chi connectivity index (χ4v) is 1.88. The van der Waals surface area contributed by atoms with Crippen LogP contribution in [0.25, 0.3) is 10.4 Å². The van der Waals surface area contributed by atoms with Crippen molar-refractivity contribution in [3.8, 4) is 0 Å². The lowest BCUT2D eigenvalue weighted by atomic mass is 10.2. The molecule has 0 aliphatic carbocycles. The molecular formula is C7H6BrN3O2S. The number of benzene rings is 1. The highest BCUT2D eigenvalue weighted by Crippen LogP contribution is 2.21. The standard InChI is InChI=1S/C7H6BrN3O2S/c1-5-4-6(2-3-7(5)8)14(12,13)11-10-9/h2-4H,1H3. The Morgan fingerprint density at radius 3 is 2.64 bits per heavy atom. The third kappa shape index (κ3) is 2.25. The van der Waals surface area contributed by atoms with Crippen LogP contribution in [0.5, 0.6) is 0 Å². The molecule has 0 saturated carbocycles. The van der Waals surface area contributed by atoms with E-state index in [2.05, 4.69) is 25.4 Å². The van der Waals surface area contributed by atoms with Gasteiger partial charge in [0.25, 0.3) is 10.0 Å². The van der Waals surface area contributed by atoms with Crippen molar-refractivity contribution in [2.24, 2.45) is 4.52 Å². The number of hydrogen-bond acceptors (Lipinski definition) is 2. The van der Waals surface area contributed by atoms with Crippen LogP contribution >= 0.6 is 15.9 Å². The van der Waals surface area contributed by atoms with Crippen LogP contribution in [-0.4, -0.2) is 8.42 Å². The molecule has 0 unspecified atom stereocenters. The van der Waals surface area contributed by atoms with Gasteiger partial charge in [-0.3, -0.25) is 0 Å². The number of hydrogen-bond donors (Lipinski definition) is 0. The highest BCUT2D eigenvalue weighted by atomic mass is 79.9. The summed E-state index contributed by atoms with van der Waals surface area (Å²) < 4.78 is 26.1. The van der Waals surface area contributed by atoms with Crippen LogP contribution in [0.2, 0.25) is 0 Å². The zero-order chi connectivity index (χ0) is 10.8. The maximum absolute atomic E-state index is 11.3. The van der Waals surface area contributed by atoms with Crippen LogP contribution in [0.1, 0.15) is 5.56 Å². The zero-order valence-electron chi connectivity index (χ0n) is 7.18. The minimum Gasteiger partial charge on any atom is -0.216 e. The first-order valence-corrected chi connectivity index (χ1v) is 5.78. The van der Waals surface area contributed by atoms with Crippen molar-refractivity contribution in [1.29, 1.82) is 0 Å². The number of rotatable bonds is 2. The minimum absolute atomic E-state index is 0.00370. The van der Waals surface area contributed by atoms with E-state index in [1.54, 1.807) is 13.0 Å². The molecule has 1 aromatic carbocycles. The average molecular weight is 276 g/mol. The maximum atomic E-state index is 11.3. The van der Waals surface area contributed by atoms with Crippen molar-refractivity contribution in [2.75, 3.05) is 0 Å². The molecule has 1 rings (SSSR count). The molecule has 0 radical (unpaired) electrons. The summed E-state index contributed by atoms with van der Waals surface area (Å²) in [5.41, 5.74) is 8.82. The first-order chi connectivity index (χ1) is 6.47. The highest BCUT2D eigenvalue weighted by Gasteiger charge is 2.12. The fourth-order valence-electron chi connectivity index (χ4n) is 0.873. The van der Waals surface area contributed by atoms with Crippen molar-refractivity contribution in [3.63, 3.8) is 0 Å². The van der Waals surface area contributed by atoms with Gasteiger partial charge in [0, 0.05) is 13.9 Å². The Morgan fingerprint density at radius 1 is 1.50 bits per heavy atom. The van der Waals surface area contributed by atoms with Gasteiger partial charge in [-0.25, -0.2) is 8.42 Å². The predicted molar refractivity (Wildman–Crippen MR) is 55.2 cm³/mol. The van der Waals surface area contributed by atoms with Crippen molar-refractivity contribution in [1.82, 2.24) is 0 Å². The average Bonchev–Trinajstić information content (AvgIpc) is 2.09. The summed E-state index contributed by atoms with van der Waals surface area (Å²) in [4.78, 5) is 2.26. The Bertz CT molecular complexity index is 506. The normalized spacial score (nSPS) is 10.7. The number of azide groups is 1. The number of nitrogens with zero attached hydrogens (tertiary/aromatic N) is 3. The Morgan fingerprint density at radius 2 is 2.14 bits per heavy atom. The third-order valence-electron chi connectivity index (χ3n) is 1.57. The van der Waals surface area contributed by atoms with Crippen LogP contribution < -0.4 is 0 Å². The molecule has 0 aliphatic heterocycles. The molecule has 5 nitrogen and oxygen atoms in total. The highest BCUT2D eigenvalue weighted by molar-refractivity contribution is 9.10. The third-order valence-corrected chi connectivity index (χ3v) is 3.60. The molecular weight excluding hydrogens is 270 g/mol. The summed E-state index contributed by atoms with van der Waals surface area (Å²) in [6.45, 7) is 1.75. The van der Waals surface area contributed by atoms with Gasteiger partial charge < -0.3 is 0 Å². The van der Waals surface area contributed by atoms with Gasteiger partial charge in [0.1, 0.15) is 0 Å². The lowest BCUT2D eigenvalue weighted by Gasteiger charge is -2.00. The van der Waals surface area contributed by atoms with Crippen LogP contribution in [0.3, 0.4) is 0 Å². The molecule has 1 aromatic rings. The van der Waals surface area contributed by atoms with Gasteiger partial charge in [0.15, 0.2) is 0 Å². The van der Waals surface area contributed by atoms with Crippen molar-refractivity contribution in [3.05, 3.63) is 38.7 Å². The van der Waals surface area contributed by atoms with E-state index in [9.17, 15) is 8.42 Å².